The highest BCUT2D eigenvalue weighted by molar-refractivity contribution is 5.91. The maximum absolute atomic E-state index is 13.6. The van der Waals surface area contributed by atoms with Gasteiger partial charge in [0.2, 0.25) is 0 Å². The van der Waals surface area contributed by atoms with Gasteiger partial charge < -0.3 is 10.4 Å². The van der Waals surface area contributed by atoms with E-state index in [1.54, 1.807) is 19.9 Å². The van der Waals surface area contributed by atoms with Crippen LogP contribution < -0.4 is 5.32 Å². The number of hydrogen-bond acceptors (Lipinski definition) is 3. The van der Waals surface area contributed by atoms with Crippen molar-refractivity contribution in [1.82, 2.24) is 4.98 Å². The molecule has 0 fully saturated rings. The Hall–Kier alpha value is -1.75. The van der Waals surface area contributed by atoms with E-state index in [0.717, 1.165) is 6.07 Å². The van der Waals surface area contributed by atoms with Gasteiger partial charge in [0.05, 0.1) is 6.10 Å². The van der Waals surface area contributed by atoms with E-state index in [0.29, 0.717) is 23.3 Å². The standard InChI is InChI=1S/C13H14F2N2O/c1-7-5-11(16-6-8(2)18)9-3-4-10(14)12(15)13(9)17-7/h3-5,8,18H,6H2,1-2H3,(H,16,17)/t8-/m1/s1. The lowest BCUT2D eigenvalue weighted by Gasteiger charge is -2.12. The summed E-state index contributed by atoms with van der Waals surface area (Å²) >= 11 is 0. The molecule has 0 unspecified atom stereocenters. The summed E-state index contributed by atoms with van der Waals surface area (Å²) in [4.78, 5) is 4.01. The third-order valence-electron chi connectivity index (χ3n) is 2.59. The number of nitrogens with one attached hydrogen (secondary N) is 1. The van der Waals surface area contributed by atoms with E-state index in [4.69, 9.17) is 0 Å². The number of fused-ring (bicyclic) bond motifs is 1. The van der Waals surface area contributed by atoms with Crippen molar-refractivity contribution in [2.75, 3.05) is 11.9 Å². The molecular weight excluding hydrogens is 238 g/mol. The summed E-state index contributed by atoms with van der Waals surface area (Å²) in [6.07, 6.45) is -0.529. The number of benzene rings is 1. The third kappa shape index (κ3) is 2.41. The molecule has 0 saturated carbocycles. The number of aryl methyl sites for hydroxylation is 1. The minimum absolute atomic E-state index is 0.00286. The molecule has 5 heteroatoms. The second-order valence-corrected chi connectivity index (χ2v) is 4.30. The molecule has 3 nitrogen and oxygen atoms in total. The Labute approximate surface area is 103 Å². The van der Waals surface area contributed by atoms with Crippen molar-refractivity contribution in [2.45, 2.75) is 20.0 Å². The largest absolute Gasteiger partial charge is 0.392 e. The van der Waals surface area contributed by atoms with Crippen LogP contribution in [0.3, 0.4) is 0 Å². The second-order valence-electron chi connectivity index (χ2n) is 4.30. The fraction of sp³-hybridized carbons (Fsp3) is 0.308. The van der Waals surface area contributed by atoms with Crippen molar-refractivity contribution < 1.29 is 13.9 Å². The number of anilines is 1. The van der Waals surface area contributed by atoms with Crippen molar-refractivity contribution in [3.05, 3.63) is 35.5 Å². The Morgan fingerprint density at radius 1 is 1.39 bits per heavy atom. The van der Waals surface area contributed by atoms with Crippen LogP contribution in [0.15, 0.2) is 18.2 Å². The predicted octanol–water partition coefficient (Wildman–Crippen LogP) is 2.61. The summed E-state index contributed by atoms with van der Waals surface area (Å²) in [6.45, 7) is 3.68. The van der Waals surface area contributed by atoms with E-state index >= 15 is 0 Å². The number of hydrogen-bond donors (Lipinski definition) is 2. The molecule has 18 heavy (non-hydrogen) atoms. The minimum atomic E-state index is -0.948. The smallest absolute Gasteiger partial charge is 0.185 e. The zero-order valence-electron chi connectivity index (χ0n) is 10.2. The third-order valence-corrected chi connectivity index (χ3v) is 2.59. The number of rotatable bonds is 3. The molecule has 2 aromatic rings. The van der Waals surface area contributed by atoms with Crippen LogP contribution in [-0.4, -0.2) is 22.7 Å². The van der Waals surface area contributed by atoms with Gasteiger partial charge in [-0.3, -0.25) is 0 Å². The van der Waals surface area contributed by atoms with Gasteiger partial charge in [-0.15, -0.1) is 0 Å². The molecule has 0 radical (unpaired) electrons. The van der Waals surface area contributed by atoms with E-state index in [-0.39, 0.29) is 5.52 Å². The zero-order chi connectivity index (χ0) is 13.3. The van der Waals surface area contributed by atoms with E-state index < -0.39 is 17.7 Å². The molecule has 0 spiro atoms. The molecule has 1 aromatic carbocycles. The van der Waals surface area contributed by atoms with Crippen molar-refractivity contribution in [1.29, 1.82) is 0 Å². The lowest BCUT2D eigenvalue weighted by molar-refractivity contribution is 0.208. The van der Waals surface area contributed by atoms with Gasteiger partial charge in [-0.25, -0.2) is 13.8 Å². The first-order chi connectivity index (χ1) is 8.49. The summed E-state index contributed by atoms with van der Waals surface area (Å²) < 4.78 is 26.8. The number of aromatic nitrogens is 1. The van der Waals surface area contributed by atoms with Gasteiger partial charge in [0.15, 0.2) is 11.6 Å². The molecule has 0 saturated heterocycles. The quantitative estimate of drug-likeness (QED) is 0.882. The zero-order valence-corrected chi connectivity index (χ0v) is 10.2. The van der Waals surface area contributed by atoms with E-state index in [2.05, 4.69) is 10.3 Å². The number of halogens is 2. The maximum Gasteiger partial charge on any atom is 0.185 e. The first kappa shape index (κ1) is 12.7. The first-order valence-corrected chi connectivity index (χ1v) is 5.66. The molecule has 0 amide bonds. The fourth-order valence-electron chi connectivity index (χ4n) is 1.77. The first-order valence-electron chi connectivity index (χ1n) is 5.66. The van der Waals surface area contributed by atoms with Crippen LogP contribution in [0.2, 0.25) is 0 Å². The van der Waals surface area contributed by atoms with Crippen LogP contribution in [0.5, 0.6) is 0 Å². The molecular formula is C13H14F2N2O. The minimum Gasteiger partial charge on any atom is -0.392 e. The Morgan fingerprint density at radius 2 is 2.11 bits per heavy atom. The molecule has 96 valence electrons. The van der Waals surface area contributed by atoms with E-state index in [9.17, 15) is 13.9 Å². The molecule has 0 aliphatic carbocycles. The van der Waals surface area contributed by atoms with Crippen molar-refractivity contribution in [2.24, 2.45) is 0 Å². The topological polar surface area (TPSA) is 45.1 Å². The van der Waals surface area contributed by atoms with Crippen LogP contribution in [0.1, 0.15) is 12.6 Å². The van der Waals surface area contributed by atoms with Crippen molar-refractivity contribution in [3.63, 3.8) is 0 Å². The van der Waals surface area contributed by atoms with Crippen LogP contribution in [0, 0.1) is 18.6 Å². The molecule has 2 rings (SSSR count). The SMILES string of the molecule is Cc1cc(NC[C@@H](C)O)c2ccc(F)c(F)c2n1. The molecule has 0 aliphatic heterocycles. The second kappa shape index (κ2) is 4.86. The van der Waals surface area contributed by atoms with E-state index in [1.807, 2.05) is 0 Å². The summed E-state index contributed by atoms with van der Waals surface area (Å²) in [7, 11) is 0. The average Bonchev–Trinajstić information content (AvgIpc) is 2.31. The van der Waals surface area contributed by atoms with E-state index in [1.165, 1.54) is 6.07 Å². The molecule has 0 bridgehead atoms. The van der Waals surface area contributed by atoms with Gasteiger partial charge in [-0.1, -0.05) is 0 Å². The Balaban J connectivity index is 2.56. The summed E-state index contributed by atoms with van der Waals surface area (Å²) in [5.41, 5.74) is 1.22. The Morgan fingerprint density at radius 3 is 2.78 bits per heavy atom. The monoisotopic (exact) mass is 252 g/mol. The molecule has 1 atom stereocenters. The molecule has 1 heterocycles. The highest BCUT2D eigenvalue weighted by Crippen LogP contribution is 2.26. The maximum atomic E-state index is 13.6. The van der Waals surface area contributed by atoms with Gasteiger partial charge in [0.25, 0.3) is 0 Å². The number of nitrogens with zero attached hydrogens (tertiary/aromatic N) is 1. The molecule has 1 aromatic heterocycles. The number of pyridine rings is 1. The lowest BCUT2D eigenvalue weighted by Crippen LogP contribution is -2.15. The summed E-state index contributed by atoms with van der Waals surface area (Å²) in [6, 6.07) is 4.29. The van der Waals surface area contributed by atoms with Gasteiger partial charge in [0, 0.05) is 23.3 Å². The average molecular weight is 252 g/mol. The van der Waals surface area contributed by atoms with Crippen LogP contribution in [0.4, 0.5) is 14.5 Å². The lowest BCUT2D eigenvalue weighted by atomic mass is 10.1. The van der Waals surface area contributed by atoms with Gasteiger partial charge >= 0.3 is 0 Å². The van der Waals surface area contributed by atoms with Crippen LogP contribution in [-0.2, 0) is 0 Å². The van der Waals surface area contributed by atoms with Gasteiger partial charge in [0.1, 0.15) is 5.52 Å². The Kier molecular flexibility index (Phi) is 3.43. The summed E-state index contributed by atoms with van der Waals surface area (Å²) in [5.74, 6) is -1.86. The number of aliphatic hydroxyl groups is 1. The molecule has 2 N–H and O–H groups in total. The molecule has 0 aliphatic rings. The van der Waals surface area contributed by atoms with Crippen LogP contribution >= 0.6 is 0 Å². The van der Waals surface area contributed by atoms with Crippen molar-refractivity contribution >= 4 is 16.6 Å². The summed E-state index contributed by atoms with van der Waals surface area (Å²) in [5, 5.41) is 12.7. The highest BCUT2D eigenvalue weighted by Gasteiger charge is 2.12. The Bertz CT molecular complexity index is 585. The fourth-order valence-corrected chi connectivity index (χ4v) is 1.77. The van der Waals surface area contributed by atoms with Gasteiger partial charge in [-0.05, 0) is 32.0 Å². The normalized spacial score (nSPS) is 12.7. The number of aliphatic hydroxyl groups excluding tert-OH is 1. The van der Waals surface area contributed by atoms with Gasteiger partial charge in [-0.2, -0.15) is 0 Å². The predicted molar refractivity (Wildman–Crippen MR) is 66.6 cm³/mol. The van der Waals surface area contributed by atoms with Crippen LogP contribution in [0.25, 0.3) is 10.9 Å². The van der Waals surface area contributed by atoms with Crippen molar-refractivity contribution in [3.8, 4) is 0 Å². The highest BCUT2D eigenvalue weighted by atomic mass is 19.2.